The van der Waals surface area contributed by atoms with Gasteiger partial charge in [-0.15, -0.1) is 12.4 Å². The summed E-state index contributed by atoms with van der Waals surface area (Å²) < 4.78 is 39.2. The van der Waals surface area contributed by atoms with Crippen molar-refractivity contribution < 1.29 is 13.2 Å². The maximum absolute atomic E-state index is 13.3. The van der Waals surface area contributed by atoms with Crippen molar-refractivity contribution in [3.8, 4) is 0 Å². The van der Waals surface area contributed by atoms with Gasteiger partial charge in [0.15, 0.2) is 0 Å². The molecule has 0 aromatic heterocycles. The molecule has 2 N–H and O–H groups in total. The number of rotatable bonds is 3. The van der Waals surface area contributed by atoms with E-state index in [0.29, 0.717) is 24.5 Å². The minimum atomic E-state index is -0.910. The molecule has 1 aliphatic rings. The molecule has 5 heteroatoms. The lowest BCUT2D eigenvalue weighted by atomic mass is 10.0. The van der Waals surface area contributed by atoms with Gasteiger partial charge in [-0.1, -0.05) is 12.8 Å². The lowest BCUT2D eigenvalue weighted by Crippen LogP contribution is -2.15. The van der Waals surface area contributed by atoms with Crippen LogP contribution in [-0.4, -0.2) is 0 Å². The normalized spacial score (nSPS) is 16.8. The highest BCUT2D eigenvalue weighted by Gasteiger charge is 2.27. The Balaban J connectivity index is 0.00000128. The summed E-state index contributed by atoms with van der Waals surface area (Å²) in [6.07, 6.45) is 2.70. The third-order valence-electron chi connectivity index (χ3n) is 2.70. The number of nitrogens with two attached hydrogens (primary N) is 1. The third-order valence-corrected chi connectivity index (χ3v) is 2.70. The average molecular weight is 252 g/mol. The third kappa shape index (κ3) is 2.89. The van der Waals surface area contributed by atoms with Crippen LogP contribution in [0.3, 0.4) is 0 Å². The summed E-state index contributed by atoms with van der Waals surface area (Å²) in [5.41, 5.74) is 5.49. The van der Waals surface area contributed by atoms with Gasteiger partial charge < -0.3 is 5.73 Å². The first-order valence-electron chi connectivity index (χ1n) is 4.98. The molecule has 0 spiro atoms. The SMILES string of the molecule is Cl.N[C@@H](CC1CC1)c1c(F)cc(F)cc1F. The summed E-state index contributed by atoms with van der Waals surface area (Å²) in [6.45, 7) is 0. The fraction of sp³-hybridized carbons (Fsp3) is 0.455. The molecule has 0 unspecified atom stereocenters. The van der Waals surface area contributed by atoms with Crippen LogP contribution in [0.4, 0.5) is 13.2 Å². The van der Waals surface area contributed by atoms with Crippen LogP contribution in [0, 0.1) is 23.4 Å². The predicted octanol–water partition coefficient (Wildman–Crippen LogP) is 3.33. The van der Waals surface area contributed by atoms with Gasteiger partial charge in [0.1, 0.15) is 17.5 Å². The Morgan fingerprint density at radius 2 is 1.69 bits per heavy atom. The summed E-state index contributed by atoms with van der Waals surface area (Å²) in [6, 6.07) is 0.675. The zero-order valence-corrected chi connectivity index (χ0v) is 9.37. The molecule has 0 amide bonds. The van der Waals surface area contributed by atoms with Crippen LogP contribution in [0.25, 0.3) is 0 Å². The van der Waals surface area contributed by atoms with E-state index in [1.807, 2.05) is 0 Å². The monoisotopic (exact) mass is 251 g/mol. The van der Waals surface area contributed by atoms with E-state index in [1.54, 1.807) is 0 Å². The Labute approximate surface area is 98.2 Å². The van der Waals surface area contributed by atoms with Crippen molar-refractivity contribution in [3.05, 3.63) is 35.1 Å². The molecule has 1 aromatic carbocycles. The number of hydrogen-bond donors (Lipinski definition) is 1. The fourth-order valence-electron chi connectivity index (χ4n) is 1.74. The molecule has 0 bridgehead atoms. The molecule has 0 aliphatic heterocycles. The molecule has 1 aliphatic carbocycles. The van der Waals surface area contributed by atoms with Crippen LogP contribution >= 0.6 is 12.4 Å². The Kier molecular flexibility index (Phi) is 4.21. The van der Waals surface area contributed by atoms with Crippen molar-refractivity contribution in [2.75, 3.05) is 0 Å². The lowest BCUT2D eigenvalue weighted by Gasteiger charge is -2.13. The van der Waals surface area contributed by atoms with Gasteiger partial charge in [0.2, 0.25) is 0 Å². The standard InChI is InChI=1S/C11H12F3N.ClH/c12-7-4-8(13)11(9(14)5-7)10(15)3-6-1-2-6;/h4-6,10H,1-3,15H2;1H/t10-;/m0./s1. The molecule has 2 rings (SSSR count). The quantitative estimate of drug-likeness (QED) is 0.876. The molecule has 1 nitrogen and oxygen atoms in total. The lowest BCUT2D eigenvalue weighted by molar-refractivity contribution is 0.483. The van der Waals surface area contributed by atoms with Gasteiger partial charge in [-0.2, -0.15) is 0 Å². The second-order valence-electron chi connectivity index (χ2n) is 4.07. The Hall–Kier alpha value is -0.740. The zero-order valence-electron chi connectivity index (χ0n) is 8.55. The van der Waals surface area contributed by atoms with Gasteiger partial charge in [0.25, 0.3) is 0 Å². The van der Waals surface area contributed by atoms with E-state index >= 15 is 0 Å². The molecule has 90 valence electrons. The van der Waals surface area contributed by atoms with E-state index in [1.165, 1.54) is 0 Å². The molecule has 16 heavy (non-hydrogen) atoms. The van der Waals surface area contributed by atoms with Crippen LogP contribution in [0.1, 0.15) is 30.9 Å². The van der Waals surface area contributed by atoms with Gasteiger partial charge in [0.05, 0.1) is 0 Å². The maximum atomic E-state index is 13.3. The Bertz CT molecular complexity index is 356. The first-order chi connectivity index (χ1) is 7.08. The minimum Gasteiger partial charge on any atom is -0.324 e. The van der Waals surface area contributed by atoms with E-state index in [9.17, 15) is 13.2 Å². The van der Waals surface area contributed by atoms with Gasteiger partial charge >= 0.3 is 0 Å². The van der Waals surface area contributed by atoms with Gasteiger partial charge in [-0.3, -0.25) is 0 Å². The topological polar surface area (TPSA) is 26.0 Å². The van der Waals surface area contributed by atoms with Crippen molar-refractivity contribution in [2.24, 2.45) is 11.7 Å². The molecular formula is C11H13ClF3N. The summed E-state index contributed by atoms with van der Waals surface area (Å²) >= 11 is 0. The van der Waals surface area contributed by atoms with Crippen LogP contribution in [0.15, 0.2) is 12.1 Å². The Morgan fingerprint density at radius 1 is 1.19 bits per heavy atom. The maximum Gasteiger partial charge on any atom is 0.133 e. The molecule has 1 fully saturated rings. The van der Waals surface area contributed by atoms with Gasteiger partial charge in [-0.05, 0) is 12.3 Å². The summed E-state index contributed by atoms with van der Waals surface area (Å²) in [4.78, 5) is 0. The van der Waals surface area contributed by atoms with Crippen LogP contribution in [0.2, 0.25) is 0 Å². The smallest absolute Gasteiger partial charge is 0.133 e. The van der Waals surface area contributed by atoms with E-state index < -0.39 is 23.5 Å². The second-order valence-corrected chi connectivity index (χ2v) is 4.07. The fourth-order valence-corrected chi connectivity index (χ4v) is 1.74. The summed E-state index contributed by atoms with van der Waals surface area (Å²) in [5, 5.41) is 0. The average Bonchev–Trinajstić information content (AvgIpc) is 2.85. The van der Waals surface area contributed by atoms with Crippen molar-refractivity contribution in [2.45, 2.75) is 25.3 Å². The molecule has 1 aromatic rings. The second kappa shape index (κ2) is 5.06. The van der Waals surface area contributed by atoms with Crippen LogP contribution < -0.4 is 5.73 Å². The molecule has 0 radical (unpaired) electrons. The number of hydrogen-bond acceptors (Lipinski definition) is 1. The van der Waals surface area contributed by atoms with Crippen molar-refractivity contribution in [1.29, 1.82) is 0 Å². The van der Waals surface area contributed by atoms with Crippen molar-refractivity contribution >= 4 is 12.4 Å². The first kappa shape index (κ1) is 13.3. The van der Waals surface area contributed by atoms with Gasteiger partial charge in [0, 0.05) is 23.7 Å². The molecule has 0 heterocycles. The zero-order chi connectivity index (χ0) is 11.0. The van der Waals surface area contributed by atoms with Crippen molar-refractivity contribution in [3.63, 3.8) is 0 Å². The van der Waals surface area contributed by atoms with E-state index in [2.05, 4.69) is 0 Å². The largest absolute Gasteiger partial charge is 0.324 e. The highest BCUT2D eigenvalue weighted by atomic mass is 35.5. The van der Waals surface area contributed by atoms with Crippen LogP contribution in [-0.2, 0) is 0 Å². The Morgan fingerprint density at radius 3 is 2.12 bits per heavy atom. The highest BCUT2D eigenvalue weighted by molar-refractivity contribution is 5.85. The number of halogens is 4. The van der Waals surface area contributed by atoms with Gasteiger partial charge in [-0.25, -0.2) is 13.2 Å². The molecular weight excluding hydrogens is 239 g/mol. The molecule has 1 atom stereocenters. The molecule has 0 saturated heterocycles. The minimum absolute atomic E-state index is 0. The summed E-state index contributed by atoms with van der Waals surface area (Å²) in [7, 11) is 0. The van der Waals surface area contributed by atoms with Crippen LogP contribution in [0.5, 0.6) is 0 Å². The van der Waals surface area contributed by atoms with E-state index in [-0.39, 0.29) is 18.0 Å². The number of benzene rings is 1. The highest BCUT2D eigenvalue weighted by Crippen LogP contribution is 2.37. The summed E-state index contributed by atoms with van der Waals surface area (Å²) in [5.74, 6) is -2.21. The predicted molar refractivity (Wildman–Crippen MR) is 57.8 cm³/mol. The van der Waals surface area contributed by atoms with E-state index in [4.69, 9.17) is 5.73 Å². The first-order valence-corrected chi connectivity index (χ1v) is 4.98. The molecule has 1 saturated carbocycles. The van der Waals surface area contributed by atoms with E-state index in [0.717, 1.165) is 12.8 Å². The van der Waals surface area contributed by atoms with Crippen molar-refractivity contribution in [1.82, 2.24) is 0 Å².